The van der Waals surface area contributed by atoms with E-state index >= 15 is 0 Å². The lowest BCUT2D eigenvalue weighted by Gasteiger charge is -2.43. The van der Waals surface area contributed by atoms with Gasteiger partial charge in [-0.2, -0.15) is 0 Å². The lowest BCUT2D eigenvalue weighted by molar-refractivity contribution is -0.149. The number of alkyl carbamates (subject to hydrolysis) is 1. The Labute approximate surface area is 236 Å². The Morgan fingerprint density at radius 1 is 0.975 bits per heavy atom. The maximum atomic E-state index is 14.4. The first-order valence-electron chi connectivity index (χ1n) is 13.0. The van der Waals surface area contributed by atoms with Crippen molar-refractivity contribution in [2.75, 3.05) is 13.7 Å². The summed E-state index contributed by atoms with van der Waals surface area (Å²) in [5, 5.41) is 15.0. The number of rotatable bonds is 9. The first-order valence-corrected chi connectivity index (χ1v) is 13.0. The number of aromatic hydroxyl groups is 1. The molecule has 0 aromatic heterocycles. The van der Waals surface area contributed by atoms with Crippen molar-refractivity contribution in [2.45, 2.75) is 78.1 Å². The number of benzene rings is 2. The number of esters is 1. The minimum atomic E-state index is -1.14. The van der Waals surface area contributed by atoms with E-state index in [1.165, 1.54) is 24.1 Å². The van der Waals surface area contributed by atoms with Crippen LogP contribution in [0.5, 0.6) is 5.75 Å². The van der Waals surface area contributed by atoms with Crippen molar-refractivity contribution >= 4 is 23.9 Å². The summed E-state index contributed by atoms with van der Waals surface area (Å²) in [4.78, 5) is 54.1. The van der Waals surface area contributed by atoms with E-state index in [1.54, 1.807) is 71.9 Å². The molecule has 2 aromatic rings. The Kier molecular flexibility index (Phi) is 10.7. The highest BCUT2D eigenvalue weighted by Gasteiger charge is 2.42. The Morgan fingerprint density at radius 2 is 1.60 bits per heavy atom. The molecule has 0 aliphatic rings. The number of hydrogen-bond donors (Lipinski definition) is 3. The van der Waals surface area contributed by atoms with E-state index in [0.29, 0.717) is 11.1 Å². The van der Waals surface area contributed by atoms with Crippen LogP contribution in [-0.2, 0) is 30.3 Å². The standard InChI is InChI=1S/C30H41N3O7/c1-19-10-9-11-21(16-19)25(26(36)31-18-24(35)39-8)33(29(2,3)4)27(37)23(32-28(38)40-30(5,6)7)17-20-12-14-22(34)15-13-20/h9-16,23,25,34H,17-18H2,1-8H3,(H,31,36)(H,32,38). The van der Waals surface area contributed by atoms with Crippen LogP contribution < -0.4 is 10.6 Å². The van der Waals surface area contributed by atoms with Crippen molar-refractivity contribution in [3.8, 4) is 5.75 Å². The van der Waals surface area contributed by atoms with Gasteiger partial charge in [0.05, 0.1) is 7.11 Å². The third-order valence-electron chi connectivity index (χ3n) is 5.82. The number of carbonyl (C=O) groups excluding carboxylic acids is 4. The van der Waals surface area contributed by atoms with Crippen LogP contribution in [-0.4, -0.2) is 64.7 Å². The number of aryl methyl sites for hydroxylation is 1. The van der Waals surface area contributed by atoms with Crippen molar-refractivity contribution in [3.63, 3.8) is 0 Å². The molecule has 0 aliphatic heterocycles. The van der Waals surface area contributed by atoms with Crippen LogP contribution in [0.4, 0.5) is 4.79 Å². The Morgan fingerprint density at radius 3 is 2.12 bits per heavy atom. The molecule has 2 aromatic carbocycles. The number of phenolic OH excluding ortho intramolecular Hbond substituents is 1. The largest absolute Gasteiger partial charge is 0.508 e. The normalized spacial score (nSPS) is 13.0. The Hall–Kier alpha value is -4.08. The summed E-state index contributed by atoms with van der Waals surface area (Å²) in [6.45, 7) is 12.0. The molecule has 40 heavy (non-hydrogen) atoms. The number of methoxy groups -OCH3 is 1. The molecule has 218 valence electrons. The van der Waals surface area contributed by atoms with Gasteiger partial charge < -0.3 is 30.1 Å². The molecule has 10 heteroatoms. The minimum Gasteiger partial charge on any atom is -0.508 e. The molecule has 0 bridgehead atoms. The molecule has 2 unspecified atom stereocenters. The summed E-state index contributed by atoms with van der Waals surface area (Å²) in [5.74, 6) is -1.70. The fourth-order valence-electron chi connectivity index (χ4n) is 4.12. The quantitative estimate of drug-likeness (QED) is 0.401. The Bertz CT molecular complexity index is 1200. The molecule has 3 amide bonds. The second-order valence-corrected chi connectivity index (χ2v) is 11.6. The van der Waals surface area contributed by atoms with Gasteiger partial charge in [-0.15, -0.1) is 0 Å². The van der Waals surface area contributed by atoms with E-state index in [4.69, 9.17) is 4.74 Å². The predicted octanol–water partition coefficient (Wildman–Crippen LogP) is 3.79. The van der Waals surface area contributed by atoms with Gasteiger partial charge in [-0.05, 0) is 71.7 Å². The summed E-state index contributed by atoms with van der Waals surface area (Å²) in [5.41, 5.74) is 0.362. The third kappa shape index (κ3) is 9.59. The van der Waals surface area contributed by atoms with Gasteiger partial charge in [0.15, 0.2) is 0 Å². The van der Waals surface area contributed by atoms with E-state index < -0.39 is 47.1 Å². The van der Waals surface area contributed by atoms with Crippen LogP contribution in [0.15, 0.2) is 48.5 Å². The molecule has 0 radical (unpaired) electrons. The van der Waals surface area contributed by atoms with Crippen molar-refractivity contribution in [1.29, 1.82) is 0 Å². The molecule has 2 rings (SSSR count). The fraction of sp³-hybridized carbons (Fsp3) is 0.467. The summed E-state index contributed by atoms with van der Waals surface area (Å²) < 4.78 is 10.1. The number of nitrogens with one attached hydrogen (secondary N) is 2. The monoisotopic (exact) mass is 555 g/mol. The SMILES string of the molecule is COC(=O)CNC(=O)C(c1cccc(C)c1)N(C(=O)C(Cc1ccc(O)cc1)NC(=O)OC(C)(C)C)C(C)(C)C. The molecule has 0 heterocycles. The maximum absolute atomic E-state index is 14.4. The van der Waals surface area contributed by atoms with Gasteiger partial charge in [0.2, 0.25) is 11.8 Å². The number of ether oxygens (including phenoxy) is 2. The van der Waals surface area contributed by atoms with Crippen molar-refractivity contribution in [3.05, 3.63) is 65.2 Å². The number of carbonyl (C=O) groups is 4. The van der Waals surface area contributed by atoms with Crippen LogP contribution in [0.25, 0.3) is 0 Å². The number of phenols is 1. The summed E-state index contributed by atoms with van der Waals surface area (Å²) >= 11 is 0. The minimum absolute atomic E-state index is 0.0600. The van der Waals surface area contributed by atoms with Crippen LogP contribution in [0, 0.1) is 6.92 Å². The zero-order chi connectivity index (χ0) is 30.3. The second-order valence-electron chi connectivity index (χ2n) is 11.6. The highest BCUT2D eigenvalue weighted by molar-refractivity contribution is 5.93. The molecular weight excluding hydrogens is 514 g/mol. The van der Waals surface area contributed by atoms with Gasteiger partial charge in [-0.25, -0.2) is 4.79 Å². The average Bonchev–Trinajstić information content (AvgIpc) is 2.84. The van der Waals surface area contributed by atoms with Gasteiger partial charge in [0.1, 0.15) is 30.0 Å². The molecular formula is C30H41N3O7. The van der Waals surface area contributed by atoms with Crippen molar-refractivity contribution in [2.24, 2.45) is 0 Å². The fourth-order valence-corrected chi connectivity index (χ4v) is 4.12. The highest BCUT2D eigenvalue weighted by Crippen LogP contribution is 2.31. The molecule has 10 nitrogen and oxygen atoms in total. The van der Waals surface area contributed by atoms with E-state index in [2.05, 4.69) is 15.4 Å². The van der Waals surface area contributed by atoms with E-state index in [9.17, 15) is 24.3 Å². The van der Waals surface area contributed by atoms with Gasteiger partial charge >= 0.3 is 12.1 Å². The molecule has 0 saturated carbocycles. The van der Waals surface area contributed by atoms with E-state index in [0.717, 1.165) is 5.56 Å². The zero-order valence-corrected chi connectivity index (χ0v) is 24.5. The third-order valence-corrected chi connectivity index (χ3v) is 5.82. The summed E-state index contributed by atoms with van der Waals surface area (Å²) in [6, 6.07) is 11.2. The molecule has 3 N–H and O–H groups in total. The number of hydrogen-bond acceptors (Lipinski definition) is 7. The van der Waals surface area contributed by atoms with Crippen molar-refractivity contribution in [1.82, 2.24) is 15.5 Å². The van der Waals surface area contributed by atoms with Crippen molar-refractivity contribution < 1.29 is 33.8 Å². The highest BCUT2D eigenvalue weighted by atomic mass is 16.6. The van der Waals surface area contributed by atoms with Gasteiger partial charge in [-0.1, -0.05) is 42.0 Å². The van der Waals surface area contributed by atoms with Crippen LogP contribution in [0.2, 0.25) is 0 Å². The first kappa shape index (κ1) is 32.1. The lowest BCUT2D eigenvalue weighted by atomic mass is 9.93. The predicted molar refractivity (Wildman–Crippen MR) is 151 cm³/mol. The van der Waals surface area contributed by atoms with Gasteiger partial charge in [0, 0.05) is 12.0 Å². The lowest BCUT2D eigenvalue weighted by Crippen LogP contribution is -2.59. The first-order chi connectivity index (χ1) is 18.5. The average molecular weight is 556 g/mol. The molecule has 0 spiro atoms. The number of amides is 3. The summed E-state index contributed by atoms with van der Waals surface area (Å²) in [7, 11) is 1.22. The molecule has 0 fully saturated rings. The van der Waals surface area contributed by atoms with Crippen LogP contribution in [0.3, 0.4) is 0 Å². The Balaban J connectivity index is 2.60. The maximum Gasteiger partial charge on any atom is 0.408 e. The van der Waals surface area contributed by atoms with E-state index in [1.807, 2.05) is 13.0 Å². The topological polar surface area (TPSA) is 134 Å². The second kappa shape index (κ2) is 13.3. The van der Waals surface area contributed by atoms with Gasteiger partial charge in [0.25, 0.3) is 0 Å². The number of nitrogens with zero attached hydrogens (tertiary/aromatic N) is 1. The molecule has 0 saturated heterocycles. The van der Waals surface area contributed by atoms with Crippen LogP contribution >= 0.6 is 0 Å². The zero-order valence-electron chi connectivity index (χ0n) is 24.5. The summed E-state index contributed by atoms with van der Waals surface area (Å²) in [6.07, 6.45) is -0.726. The molecule has 0 aliphatic carbocycles. The van der Waals surface area contributed by atoms with E-state index in [-0.39, 0.29) is 18.7 Å². The van der Waals surface area contributed by atoms with Crippen LogP contribution in [0.1, 0.15) is 64.3 Å². The van der Waals surface area contributed by atoms with Gasteiger partial charge in [-0.3, -0.25) is 14.4 Å². The smallest absolute Gasteiger partial charge is 0.408 e. The molecule has 2 atom stereocenters.